The fourth-order valence-corrected chi connectivity index (χ4v) is 3.18. The number of amides is 1. The first-order chi connectivity index (χ1) is 13.6. The third-order valence-electron chi connectivity index (χ3n) is 3.86. The molecule has 0 aliphatic heterocycles. The van der Waals surface area contributed by atoms with Crippen LogP contribution >= 0.6 is 11.8 Å². The van der Waals surface area contributed by atoms with Crippen LogP contribution in [-0.2, 0) is 4.79 Å². The van der Waals surface area contributed by atoms with Gasteiger partial charge < -0.3 is 11.1 Å². The predicted octanol–water partition coefficient (Wildman–Crippen LogP) is 1.73. The molecule has 3 rings (SSSR count). The number of anilines is 2. The fraction of sp³-hybridized carbons (Fsp3) is 0.176. The molecule has 2 aromatic heterocycles. The van der Waals surface area contributed by atoms with E-state index in [2.05, 4.69) is 20.6 Å². The van der Waals surface area contributed by atoms with Crippen molar-refractivity contribution in [2.45, 2.75) is 18.1 Å². The number of nitrogens with one attached hydrogen (secondary N) is 1. The molecule has 0 aliphatic carbocycles. The summed E-state index contributed by atoms with van der Waals surface area (Å²) in [7, 11) is 0. The van der Waals surface area contributed by atoms with Crippen LogP contribution in [0.2, 0.25) is 0 Å². The number of hydrogen-bond donors (Lipinski definition) is 2. The molecule has 140 valence electrons. The van der Waals surface area contributed by atoms with Crippen molar-refractivity contribution in [2.75, 3.05) is 16.8 Å². The number of nitrogens with zero attached hydrogens (tertiary/aromatic N) is 7. The van der Waals surface area contributed by atoms with Crippen LogP contribution in [0, 0.1) is 22.7 Å². The summed E-state index contributed by atoms with van der Waals surface area (Å²) >= 11 is 1.13. The maximum atomic E-state index is 12.9. The predicted molar refractivity (Wildman–Crippen MR) is 102 cm³/mol. The van der Waals surface area contributed by atoms with Gasteiger partial charge in [0.15, 0.2) is 11.0 Å². The largest absolute Gasteiger partial charge is 0.368 e. The van der Waals surface area contributed by atoms with Crippen LogP contribution < -0.4 is 11.1 Å². The van der Waals surface area contributed by atoms with Crippen LogP contribution in [-0.4, -0.2) is 36.2 Å². The number of rotatable bonds is 6. The number of thioether (sulfide) groups is 1. The highest BCUT2D eigenvalue weighted by atomic mass is 32.2. The molecule has 3 N–H and O–H groups in total. The van der Waals surface area contributed by atoms with Crippen LogP contribution in [0.15, 0.2) is 41.7 Å². The van der Waals surface area contributed by atoms with Gasteiger partial charge in [0.05, 0.1) is 23.7 Å². The first kappa shape index (κ1) is 18.9. The molecule has 0 saturated heterocycles. The van der Waals surface area contributed by atoms with Crippen LogP contribution in [0.3, 0.4) is 0 Å². The van der Waals surface area contributed by atoms with Gasteiger partial charge in [-0.05, 0) is 19.1 Å². The minimum absolute atomic E-state index is 0.0557. The number of para-hydroxylation sites is 1. The summed E-state index contributed by atoms with van der Waals surface area (Å²) in [5.41, 5.74) is 6.76. The van der Waals surface area contributed by atoms with E-state index in [1.807, 2.05) is 42.5 Å². The molecule has 1 amide bonds. The number of carbonyl (C=O) groups excluding carboxylic acids is 1. The monoisotopic (exact) mass is 393 g/mol. The molecule has 2 heterocycles. The van der Waals surface area contributed by atoms with Gasteiger partial charge in [0, 0.05) is 0 Å². The minimum Gasteiger partial charge on any atom is -0.368 e. The Morgan fingerprint density at radius 1 is 1.32 bits per heavy atom. The van der Waals surface area contributed by atoms with Gasteiger partial charge >= 0.3 is 0 Å². The summed E-state index contributed by atoms with van der Waals surface area (Å²) in [6.07, 6.45) is 1.38. The maximum Gasteiger partial charge on any atom is 0.248 e. The SMILES string of the molecule is CC(C(=O)Nc1c(C#N)cnn1-c1ccccc1)n1c(N)nnc1SCC#N. The van der Waals surface area contributed by atoms with Crippen LogP contribution in [0.1, 0.15) is 18.5 Å². The molecule has 0 bridgehead atoms. The number of nitrogen functional groups attached to an aromatic ring is 1. The van der Waals surface area contributed by atoms with Gasteiger partial charge in [-0.25, -0.2) is 4.68 Å². The lowest BCUT2D eigenvalue weighted by atomic mass is 10.2. The molecule has 0 aliphatic rings. The van der Waals surface area contributed by atoms with Gasteiger partial charge in [0.25, 0.3) is 0 Å². The number of hydrogen-bond acceptors (Lipinski definition) is 8. The molecule has 0 fully saturated rings. The summed E-state index contributed by atoms with van der Waals surface area (Å²) in [6.45, 7) is 1.63. The summed E-state index contributed by atoms with van der Waals surface area (Å²) in [4.78, 5) is 12.9. The van der Waals surface area contributed by atoms with Gasteiger partial charge in [0.2, 0.25) is 11.9 Å². The zero-order valence-electron chi connectivity index (χ0n) is 14.8. The van der Waals surface area contributed by atoms with E-state index in [-0.39, 0.29) is 23.1 Å². The fourth-order valence-electron chi connectivity index (χ4n) is 2.50. The minimum atomic E-state index is -0.776. The van der Waals surface area contributed by atoms with Crippen molar-refractivity contribution in [2.24, 2.45) is 0 Å². The highest BCUT2D eigenvalue weighted by Gasteiger charge is 2.24. The van der Waals surface area contributed by atoms with E-state index in [0.717, 1.165) is 11.8 Å². The van der Waals surface area contributed by atoms with E-state index < -0.39 is 11.9 Å². The molecular formula is C17H15N9OS. The zero-order chi connectivity index (χ0) is 20.1. The Morgan fingerprint density at radius 2 is 2.07 bits per heavy atom. The van der Waals surface area contributed by atoms with Crippen LogP contribution in [0.4, 0.5) is 11.8 Å². The van der Waals surface area contributed by atoms with Crippen molar-refractivity contribution >= 4 is 29.4 Å². The third kappa shape index (κ3) is 3.65. The number of nitrogens with two attached hydrogens (primary N) is 1. The highest BCUT2D eigenvalue weighted by molar-refractivity contribution is 7.99. The molecule has 0 radical (unpaired) electrons. The van der Waals surface area contributed by atoms with E-state index in [0.29, 0.717) is 10.8 Å². The van der Waals surface area contributed by atoms with Gasteiger partial charge in [-0.15, -0.1) is 10.2 Å². The Hall–Kier alpha value is -3.83. The second kappa shape index (κ2) is 8.24. The average Bonchev–Trinajstić information content (AvgIpc) is 3.29. The molecular weight excluding hydrogens is 378 g/mol. The molecule has 1 aromatic carbocycles. The second-order valence-corrected chi connectivity index (χ2v) is 6.53. The number of aromatic nitrogens is 5. The van der Waals surface area contributed by atoms with Gasteiger partial charge in [-0.2, -0.15) is 15.6 Å². The van der Waals surface area contributed by atoms with Crippen molar-refractivity contribution < 1.29 is 4.79 Å². The first-order valence-electron chi connectivity index (χ1n) is 8.11. The normalized spacial score (nSPS) is 11.4. The lowest BCUT2D eigenvalue weighted by Crippen LogP contribution is -2.26. The Morgan fingerprint density at radius 3 is 2.75 bits per heavy atom. The molecule has 10 nitrogen and oxygen atoms in total. The average molecular weight is 393 g/mol. The van der Waals surface area contributed by atoms with Gasteiger partial charge in [-0.3, -0.25) is 9.36 Å². The molecule has 0 saturated carbocycles. The molecule has 1 atom stereocenters. The maximum absolute atomic E-state index is 12.9. The van der Waals surface area contributed by atoms with Crippen molar-refractivity contribution in [1.82, 2.24) is 24.5 Å². The molecule has 3 aromatic rings. The lowest BCUT2D eigenvalue weighted by Gasteiger charge is -2.17. The van der Waals surface area contributed by atoms with Gasteiger partial charge in [-0.1, -0.05) is 30.0 Å². The zero-order valence-corrected chi connectivity index (χ0v) is 15.6. The summed E-state index contributed by atoms with van der Waals surface area (Å²) in [6, 6.07) is 12.4. The molecule has 0 spiro atoms. The molecule has 11 heteroatoms. The van der Waals surface area contributed by atoms with E-state index in [1.54, 1.807) is 6.92 Å². The van der Waals surface area contributed by atoms with Crippen LogP contribution in [0.25, 0.3) is 5.69 Å². The Balaban J connectivity index is 1.90. The first-order valence-corrected chi connectivity index (χ1v) is 9.10. The van der Waals surface area contributed by atoms with E-state index in [4.69, 9.17) is 11.0 Å². The molecule has 1 unspecified atom stereocenters. The smallest absolute Gasteiger partial charge is 0.248 e. The van der Waals surface area contributed by atoms with Crippen molar-refractivity contribution in [3.05, 3.63) is 42.1 Å². The topological polar surface area (TPSA) is 151 Å². The van der Waals surface area contributed by atoms with Crippen molar-refractivity contribution in [3.8, 4) is 17.8 Å². The Labute approximate surface area is 164 Å². The highest BCUT2D eigenvalue weighted by Crippen LogP contribution is 2.25. The van der Waals surface area contributed by atoms with E-state index in [1.165, 1.54) is 15.4 Å². The summed E-state index contributed by atoms with van der Waals surface area (Å²) in [5.74, 6) is 0.0225. The summed E-state index contributed by atoms with van der Waals surface area (Å²) in [5, 5.41) is 33.1. The van der Waals surface area contributed by atoms with Crippen molar-refractivity contribution in [3.63, 3.8) is 0 Å². The standard InChI is InChI=1S/C17H15N9OS/c1-11(25-16(20)23-24-17(25)28-8-7-18)15(27)22-14-12(9-19)10-21-26(14)13-5-3-2-4-6-13/h2-6,10-11H,8H2,1H3,(H2,20,23)(H,22,27). The van der Waals surface area contributed by atoms with E-state index in [9.17, 15) is 10.1 Å². The Bertz CT molecular complexity index is 1070. The lowest BCUT2D eigenvalue weighted by molar-refractivity contribution is -0.119. The van der Waals surface area contributed by atoms with Crippen molar-refractivity contribution in [1.29, 1.82) is 10.5 Å². The third-order valence-corrected chi connectivity index (χ3v) is 4.67. The number of nitriles is 2. The van der Waals surface area contributed by atoms with E-state index >= 15 is 0 Å². The number of benzene rings is 1. The van der Waals surface area contributed by atoms with Gasteiger partial charge in [0.1, 0.15) is 17.7 Å². The summed E-state index contributed by atoms with van der Waals surface area (Å²) < 4.78 is 2.91. The second-order valence-electron chi connectivity index (χ2n) is 5.59. The number of carbonyl (C=O) groups is 1. The van der Waals surface area contributed by atoms with Crippen LogP contribution in [0.5, 0.6) is 0 Å². The quantitative estimate of drug-likeness (QED) is 0.601. The Kier molecular flexibility index (Phi) is 5.58. The molecule has 28 heavy (non-hydrogen) atoms.